The van der Waals surface area contributed by atoms with Crippen LogP contribution < -0.4 is 5.73 Å². The van der Waals surface area contributed by atoms with Crippen molar-refractivity contribution in [1.29, 1.82) is 0 Å². The second-order valence-electron chi connectivity index (χ2n) is 4.99. The summed E-state index contributed by atoms with van der Waals surface area (Å²) < 4.78 is 0. The molecule has 2 unspecified atom stereocenters. The van der Waals surface area contributed by atoms with Crippen LogP contribution in [0, 0.1) is 13.8 Å². The first-order valence-corrected chi connectivity index (χ1v) is 6.32. The van der Waals surface area contributed by atoms with Crippen LogP contribution in [0.2, 0.25) is 0 Å². The Hall–Kier alpha value is -1.67. The van der Waals surface area contributed by atoms with Gasteiger partial charge in [-0.05, 0) is 31.5 Å². The fourth-order valence-corrected chi connectivity index (χ4v) is 2.32. The van der Waals surface area contributed by atoms with Crippen LogP contribution in [0.5, 0.6) is 0 Å². The highest BCUT2D eigenvalue weighted by Gasteiger charge is 2.18. The van der Waals surface area contributed by atoms with Gasteiger partial charge in [-0.3, -0.25) is 4.98 Å². The smallest absolute Gasteiger partial charge is 0.0450 e. The minimum atomic E-state index is -0.0153. The number of pyridine rings is 1. The van der Waals surface area contributed by atoms with E-state index >= 15 is 0 Å². The summed E-state index contributed by atoms with van der Waals surface area (Å²) in [5.74, 6) is 0.215. The van der Waals surface area contributed by atoms with E-state index in [1.54, 1.807) is 0 Å². The lowest BCUT2D eigenvalue weighted by Crippen LogP contribution is -2.18. The molecule has 18 heavy (non-hydrogen) atoms. The van der Waals surface area contributed by atoms with Gasteiger partial charge in [0.2, 0.25) is 0 Å². The summed E-state index contributed by atoms with van der Waals surface area (Å²) in [5, 5.41) is 0. The number of hydrogen-bond acceptors (Lipinski definition) is 2. The van der Waals surface area contributed by atoms with Crippen molar-refractivity contribution in [2.24, 2.45) is 5.73 Å². The van der Waals surface area contributed by atoms with E-state index in [4.69, 9.17) is 5.73 Å². The van der Waals surface area contributed by atoms with Gasteiger partial charge in [0.25, 0.3) is 0 Å². The number of rotatable bonds is 3. The third kappa shape index (κ3) is 2.77. The first-order valence-electron chi connectivity index (χ1n) is 6.32. The van der Waals surface area contributed by atoms with E-state index < -0.39 is 0 Å². The Kier molecular flexibility index (Phi) is 3.78. The van der Waals surface area contributed by atoms with Gasteiger partial charge in [0, 0.05) is 23.9 Å². The minimum Gasteiger partial charge on any atom is -0.323 e. The molecule has 2 rings (SSSR count). The largest absolute Gasteiger partial charge is 0.323 e. The molecule has 1 aromatic heterocycles. The molecule has 0 radical (unpaired) electrons. The lowest BCUT2D eigenvalue weighted by Gasteiger charge is -2.20. The lowest BCUT2D eigenvalue weighted by atomic mass is 9.90. The Morgan fingerprint density at radius 3 is 2.28 bits per heavy atom. The van der Waals surface area contributed by atoms with E-state index in [0.717, 1.165) is 5.69 Å². The van der Waals surface area contributed by atoms with E-state index in [1.807, 2.05) is 24.4 Å². The van der Waals surface area contributed by atoms with Gasteiger partial charge in [0.15, 0.2) is 0 Å². The molecule has 2 heteroatoms. The van der Waals surface area contributed by atoms with Gasteiger partial charge < -0.3 is 5.73 Å². The molecule has 0 fully saturated rings. The molecule has 1 aromatic carbocycles. The molecule has 2 aromatic rings. The highest BCUT2D eigenvalue weighted by Crippen LogP contribution is 2.28. The van der Waals surface area contributed by atoms with Crippen LogP contribution in [0.1, 0.15) is 41.3 Å². The topological polar surface area (TPSA) is 38.9 Å². The summed E-state index contributed by atoms with van der Waals surface area (Å²) in [6.45, 7) is 6.34. The molecule has 2 N–H and O–H groups in total. The first-order chi connectivity index (χ1) is 8.58. The van der Waals surface area contributed by atoms with Gasteiger partial charge in [-0.25, -0.2) is 0 Å². The van der Waals surface area contributed by atoms with Crippen LogP contribution in [0.25, 0.3) is 0 Å². The molecule has 1 heterocycles. The molecule has 0 bridgehead atoms. The Labute approximate surface area is 109 Å². The molecule has 0 aliphatic carbocycles. The zero-order chi connectivity index (χ0) is 13.1. The van der Waals surface area contributed by atoms with Crippen molar-refractivity contribution < 1.29 is 0 Å². The summed E-state index contributed by atoms with van der Waals surface area (Å²) in [6.07, 6.45) is 1.82. The maximum absolute atomic E-state index is 6.37. The third-order valence-electron chi connectivity index (χ3n) is 3.32. The molecular formula is C16H20N2. The Morgan fingerprint density at radius 1 is 1.06 bits per heavy atom. The Morgan fingerprint density at radius 2 is 1.72 bits per heavy atom. The number of hydrogen-bond donors (Lipinski definition) is 1. The third-order valence-corrected chi connectivity index (χ3v) is 3.32. The van der Waals surface area contributed by atoms with E-state index in [9.17, 15) is 0 Å². The number of aryl methyl sites for hydroxylation is 2. The van der Waals surface area contributed by atoms with Crippen LogP contribution in [0.15, 0.2) is 42.6 Å². The predicted molar refractivity (Wildman–Crippen MR) is 75.5 cm³/mol. The summed E-state index contributed by atoms with van der Waals surface area (Å²) in [4.78, 5) is 4.39. The van der Waals surface area contributed by atoms with Crippen molar-refractivity contribution in [2.75, 3.05) is 0 Å². The second-order valence-corrected chi connectivity index (χ2v) is 4.99. The fourth-order valence-electron chi connectivity index (χ4n) is 2.32. The number of benzene rings is 1. The molecule has 0 spiro atoms. The van der Waals surface area contributed by atoms with E-state index in [0.29, 0.717) is 0 Å². The molecule has 2 nitrogen and oxygen atoms in total. The quantitative estimate of drug-likeness (QED) is 0.891. The van der Waals surface area contributed by atoms with Crippen molar-refractivity contribution in [3.8, 4) is 0 Å². The van der Waals surface area contributed by atoms with Gasteiger partial charge in [0.1, 0.15) is 0 Å². The molecule has 0 aliphatic rings. The van der Waals surface area contributed by atoms with E-state index in [2.05, 4.69) is 44.0 Å². The molecule has 94 valence electrons. The van der Waals surface area contributed by atoms with E-state index in [1.165, 1.54) is 16.7 Å². The number of nitrogens with two attached hydrogens (primary N) is 1. The zero-order valence-corrected chi connectivity index (χ0v) is 11.2. The Balaban J connectivity index is 2.28. The molecule has 0 amide bonds. The Bertz CT molecular complexity index is 500. The molecular weight excluding hydrogens is 220 g/mol. The van der Waals surface area contributed by atoms with Crippen molar-refractivity contribution in [3.63, 3.8) is 0 Å². The van der Waals surface area contributed by atoms with Crippen LogP contribution in [-0.2, 0) is 0 Å². The fraction of sp³-hybridized carbons (Fsp3) is 0.312. The van der Waals surface area contributed by atoms with Crippen molar-refractivity contribution in [2.45, 2.75) is 32.7 Å². The van der Waals surface area contributed by atoms with Crippen molar-refractivity contribution in [1.82, 2.24) is 4.98 Å². The SMILES string of the molecule is Cc1cc(C)cc(C(N)C(C)c2ccccn2)c1. The molecule has 0 saturated carbocycles. The summed E-state index contributed by atoms with van der Waals surface area (Å²) in [7, 11) is 0. The minimum absolute atomic E-state index is 0.0153. The van der Waals surface area contributed by atoms with Crippen LogP contribution in [-0.4, -0.2) is 4.98 Å². The second kappa shape index (κ2) is 5.32. The van der Waals surface area contributed by atoms with Gasteiger partial charge in [-0.2, -0.15) is 0 Å². The average molecular weight is 240 g/mol. The van der Waals surface area contributed by atoms with Crippen LogP contribution in [0.4, 0.5) is 0 Å². The molecule has 2 atom stereocenters. The zero-order valence-electron chi connectivity index (χ0n) is 11.2. The van der Waals surface area contributed by atoms with Gasteiger partial charge in [0.05, 0.1) is 0 Å². The van der Waals surface area contributed by atoms with Crippen LogP contribution in [0.3, 0.4) is 0 Å². The van der Waals surface area contributed by atoms with Crippen LogP contribution >= 0.6 is 0 Å². The monoisotopic (exact) mass is 240 g/mol. The predicted octanol–water partition coefficient (Wildman–Crippen LogP) is 3.50. The van der Waals surface area contributed by atoms with Gasteiger partial charge >= 0.3 is 0 Å². The van der Waals surface area contributed by atoms with Crippen molar-refractivity contribution in [3.05, 3.63) is 65.0 Å². The maximum Gasteiger partial charge on any atom is 0.0450 e. The summed E-state index contributed by atoms with van der Waals surface area (Å²) in [6, 6.07) is 12.5. The summed E-state index contributed by atoms with van der Waals surface area (Å²) >= 11 is 0. The highest BCUT2D eigenvalue weighted by molar-refractivity contribution is 5.32. The maximum atomic E-state index is 6.37. The standard InChI is InChI=1S/C16H20N2/c1-11-8-12(2)10-14(9-11)16(17)13(3)15-6-4-5-7-18-15/h4-10,13,16H,17H2,1-3H3. The van der Waals surface area contributed by atoms with Gasteiger partial charge in [-0.15, -0.1) is 0 Å². The van der Waals surface area contributed by atoms with Crippen molar-refractivity contribution >= 4 is 0 Å². The number of nitrogens with zero attached hydrogens (tertiary/aromatic N) is 1. The van der Waals surface area contributed by atoms with Gasteiger partial charge in [-0.1, -0.05) is 42.3 Å². The highest BCUT2D eigenvalue weighted by atomic mass is 14.7. The average Bonchev–Trinajstić information content (AvgIpc) is 2.37. The lowest BCUT2D eigenvalue weighted by molar-refractivity contribution is 0.583. The number of aromatic nitrogens is 1. The molecule has 0 saturated heterocycles. The normalized spacial score (nSPS) is 14.2. The van der Waals surface area contributed by atoms with E-state index in [-0.39, 0.29) is 12.0 Å². The summed E-state index contributed by atoms with van der Waals surface area (Å²) in [5.41, 5.74) is 11.1. The first kappa shape index (κ1) is 12.8. The molecule has 0 aliphatic heterocycles.